The van der Waals surface area contributed by atoms with Gasteiger partial charge in [-0.1, -0.05) is 19.3 Å². The summed E-state index contributed by atoms with van der Waals surface area (Å²) in [4.78, 5) is 8.66. The second kappa shape index (κ2) is 6.47. The molecular formula is C14H22N4. The minimum atomic E-state index is 0.613. The first-order chi connectivity index (χ1) is 8.74. The first-order valence-electron chi connectivity index (χ1n) is 6.88. The molecule has 0 bridgehead atoms. The fourth-order valence-corrected chi connectivity index (χ4v) is 2.33. The van der Waals surface area contributed by atoms with E-state index < -0.39 is 0 Å². The number of aromatic nitrogens is 2. The van der Waals surface area contributed by atoms with E-state index in [-0.39, 0.29) is 0 Å². The summed E-state index contributed by atoms with van der Waals surface area (Å²) in [5, 5.41) is 4.48. The van der Waals surface area contributed by atoms with Crippen LogP contribution in [0.25, 0.3) is 0 Å². The van der Waals surface area contributed by atoms with Gasteiger partial charge >= 0.3 is 0 Å². The number of aryl methyl sites for hydroxylation is 2. The van der Waals surface area contributed by atoms with E-state index in [0.29, 0.717) is 5.95 Å². The molecule has 1 heterocycles. The van der Waals surface area contributed by atoms with E-state index >= 15 is 0 Å². The van der Waals surface area contributed by atoms with Gasteiger partial charge in [0.25, 0.3) is 0 Å². The molecular weight excluding hydrogens is 224 g/mol. The molecule has 4 heteroatoms. The highest BCUT2D eigenvalue weighted by Crippen LogP contribution is 2.15. The van der Waals surface area contributed by atoms with E-state index in [1.807, 2.05) is 19.9 Å². The van der Waals surface area contributed by atoms with Crippen molar-refractivity contribution in [1.29, 1.82) is 0 Å². The average Bonchev–Trinajstić information content (AvgIpc) is 2.26. The summed E-state index contributed by atoms with van der Waals surface area (Å²) in [6, 6.07) is 1.97. The van der Waals surface area contributed by atoms with Crippen molar-refractivity contribution in [2.75, 3.05) is 5.43 Å². The third kappa shape index (κ3) is 4.09. The Kier molecular flexibility index (Phi) is 4.67. The molecule has 1 aliphatic rings. The highest BCUT2D eigenvalue weighted by Gasteiger charge is 2.05. The van der Waals surface area contributed by atoms with E-state index in [2.05, 4.69) is 20.5 Å². The number of hydrogen-bond acceptors (Lipinski definition) is 4. The van der Waals surface area contributed by atoms with E-state index in [1.54, 1.807) is 0 Å². The monoisotopic (exact) mass is 246 g/mol. The molecule has 0 atom stereocenters. The largest absolute Gasteiger partial charge is 0.245 e. The second-order valence-electron chi connectivity index (χ2n) is 5.03. The predicted molar refractivity (Wildman–Crippen MR) is 74.9 cm³/mol. The third-order valence-electron chi connectivity index (χ3n) is 3.23. The minimum Gasteiger partial charge on any atom is -0.245 e. The molecule has 1 aromatic heterocycles. The number of hydrazone groups is 1. The zero-order chi connectivity index (χ0) is 12.8. The highest BCUT2D eigenvalue weighted by atomic mass is 15.4. The topological polar surface area (TPSA) is 50.2 Å². The number of nitrogens with one attached hydrogen (secondary N) is 1. The lowest BCUT2D eigenvalue weighted by Crippen LogP contribution is -2.07. The van der Waals surface area contributed by atoms with Gasteiger partial charge in [-0.2, -0.15) is 5.10 Å². The van der Waals surface area contributed by atoms with Crippen molar-refractivity contribution in [3.8, 4) is 0 Å². The Morgan fingerprint density at radius 3 is 2.11 bits per heavy atom. The Morgan fingerprint density at radius 2 is 1.50 bits per heavy atom. The van der Waals surface area contributed by atoms with Crippen LogP contribution >= 0.6 is 0 Å². The molecule has 1 N–H and O–H groups in total. The zero-order valence-corrected chi connectivity index (χ0v) is 11.4. The predicted octanol–water partition coefficient (Wildman–Crippen LogP) is 3.61. The van der Waals surface area contributed by atoms with Gasteiger partial charge in [0.1, 0.15) is 0 Å². The van der Waals surface area contributed by atoms with Crippen molar-refractivity contribution >= 4 is 11.7 Å². The van der Waals surface area contributed by atoms with Gasteiger partial charge in [0, 0.05) is 17.1 Å². The molecule has 0 saturated heterocycles. The fourth-order valence-electron chi connectivity index (χ4n) is 2.33. The molecule has 0 aliphatic heterocycles. The molecule has 0 aromatic carbocycles. The van der Waals surface area contributed by atoms with Crippen LogP contribution in [0.3, 0.4) is 0 Å². The molecule has 18 heavy (non-hydrogen) atoms. The van der Waals surface area contributed by atoms with Gasteiger partial charge < -0.3 is 0 Å². The van der Waals surface area contributed by atoms with E-state index in [0.717, 1.165) is 24.2 Å². The van der Waals surface area contributed by atoms with Crippen LogP contribution in [-0.2, 0) is 0 Å². The quantitative estimate of drug-likeness (QED) is 0.811. The first kappa shape index (κ1) is 13.0. The van der Waals surface area contributed by atoms with Crippen molar-refractivity contribution in [3.05, 3.63) is 17.5 Å². The van der Waals surface area contributed by atoms with Crippen LogP contribution in [0.2, 0.25) is 0 Å². The van der Waals surface area contributed by atoms with Gasteiger partial charge in [-0.05, 0) is 45.6 Å². The number of nitrogens with zero attached hydrogens (tertiary/aromatic N) is 3. The van der Waals surface area contributed by atoms with Gasteiger partial charge in [-0.3, -0.25) is 0 Å². The Hall–Kier alpha value is -1.45. The Balaban J connectivity index is 1.99. The van der Waals surface area contributed by atoms with E-state index in [1.165, 1.54) is 37.8 Å². The van der Waals surface area contributed by atoms with Crippen LogP contribution in [0.15, 0.2) is 11.2 Å². The Morgan fingerprint density at radius 1 is 0.944 bits per heavy atom. The van der Waals surface area contributed by atoms with Crippen molar-refractivity contribution in [3.63, 3.8) is 0 Å². The molecule has 0 amide bonds. The number of hydrogen-bond donors (Lipinski definition) is 1. The standard InChI is InChI=1S/C14H22N4/c1-11-10-12(2)16-14(15-11)18-17-13-8-6-4-3-5-7-9-13/h10H,3-9H2,1-2H3,(H,15,16,18). The van der Waals surface area contributed by atoms with Crippen LogP contribution < -0.4 is 5.43 Å². The first-order valence-corrected chi connectivity index (χ1v) is 6.88. The summed E-state index contributed by atoms with van der Waals surface area (Å²) in [5.41, 5.74) is 6.22. The van der Waals surface area contributed by atoms with Crippen LogP contribution in [-0.4, -0.2) is 15.7 Å². The molecule has 98 valence electrons. The molecule has 1 aliphatic carbocycles. The molecule has 1 saturated carbocycles. The van der Waals surface area contributed by atoms with Crippen molar-refractivity contribution in [1.82, 2.24) is 9.97 Å². The second-order valence-corrected chi connectivity index (χ2v) is 5.03. The van der Waals surface area contributed by atoms with Crippen molar-refractivity contribution in [2.24, 2.45) is 5.10 Å². The smallest absolute Gasteiger partial charge is 0.243 e. The van der Waals surface area contributed by atoms with E-state index in [9.17, 15) is 0 Å². The zero-order valence-electron chi connectivity index (χ0n) is 11.4. The maximum Gasteiger partial charge on any atom is 0.243 e. The van der Waals surface area contributed by atoms with Gasteiger partial charge in [0.15, 0.2) is 0 Å². The van der Waals surface area contributed by atoms with Gasteiger partial charge in [-0.15, -0.1) is 0 Å². The summed E-state index contributed by atoms with van der Waals surface area (Å²) in [6.07, 6.45) is 8.77. The van der Waals surface area contributed by atoms with Crippen LogP contribution in [0, 0.1) is 13.8 Å². The normalized spacial score (nSPS) is 16.9. The highest BCUT2D eigenvalue weighted by molar-refractivity contribution is 5.85. The lowest BCUT2D eigenvalue weighted by molar-refractivity contribution is 0.606. The SMILES string of the molecule is Cc1cc(C)nc(NN=C2CCCCCCC2)n1. The lowest BCUT2D eigenvalue weighted by Gasteiger charge is -2.11. The Labute approximate surface area is 109 Å². The van der Waals surface area contributed by atoms with Crippen molar-refractivity contribution < 1.29 is 0 Å². The number of anilines is 1. The molecule has 0 unspecified atom stereocenters. The van der Waals surface area contributed by atoms with Gasteiger partial charge in [0.05, 0.1) is 0 Å². The average molecular weight is 246 g/mol. The maximum atomic E-state index is 4.48. The summed E-state index contributed by atoms with van der Waals surface area (Å²) >= 11 is 0. The summed E-state index contributed by atoms with van der Waals surface area (Å²) in [7, 11) is 0. The van der Waals surface area contributed by atoms with Crippen LogP contribution in [0.4, 0.5) is 5.95 Å². The molecule has 1 fully saturated rings. The van der Waals surface area contributed by atoms with E-state index in [4.69, 9.17) is 0 Å². The molecule has 4 nitrogen and oxygen atoms in total. The fraction of sp³-hybridized carbons (Fsp3) is 0.643. The lowest BCUT2D eigenvalue weighted by atomic mass is 9.99. The summed E-state index contributed by atoms with van der Waals surface area (Å²) in [5.74, 6) is 0.613. The van der Waals surface area contributed by atoms with Crippen LogP contribution in [0.5, 0.6) is 0 Å². The molecule has 0 spiro atoms. The summed E-state index contributed by atoms with van der Waals surface area (Å²) < 4.78 is 0. The maximum absolute atomic E-state index is 4.48. The summed E-state index contributed by atoms with van der Waals surface area (Å²) in [6.45, 7) is 3.95. The minimum absolute atomic E-state index is 0.613. The molecule has 1 aromatic rings. The van der Waals surface area contributed by atoms with Crippen molar-refractivity contribution in [2.45, 2.75) is 58.8 Å². The molecule has 2 rings (SSSR count). The third-order valence-corrected chi connectivity index (χ3v) is 3.23. The van der Waals surface area contributed by atoms with Crippen LogP contribution in [0.1, 0.15) is 56.3 Å². The van der Waals surface area contributed by atoms with Gasteiger partial charge in [-0.25, -0.2) is 15.4 Å². The Bertz CT molecular complexity index is 396. The number of rotatable bonds is 2. The van der Waals surface area contributed by atoms with Gasteiger partial charge in [0.2, 0.25) is 5.95 Å². The molecule has 0 radical (unpaired) electrons.